The Labute approximate surface area is 130 Å². The molecule has 1 atom stereocenters. The Balaban J connectivity index is 1.78. The highest BCUT2D eigenvalue weighted by Gasteiger charge is 2.36. The molecule has 3 rings (SSSR count). The summed E-state index contributed by atoms with van der Waals surface area (Å²) >= 11 is 0. The molecule has 1 aliphatic rings. The van der Waals surface area contributed by atoms with Gasteiger partial charge in [-0.25, -0.2) is 4.39 Å². The number of aromatic nitrogens is 2. The fourth-order valence-corrected chi connectivity index (χ4v) is 3.18. The predicted octanol–water partition coefficient (Wildman–Crippen LogP) is 1.53. The molecule has 2 heterocycles. The molecule has 1 saturated heterocycles. The molecule has 122 valence electrons. The first-order chi connectivity index (χ1) is 10.8. The number of rotatable bonds is 4. The molecule has 0 spiro atoms. The minimum Gasteiger partial charge on any atom is -0.403 e. The molecule has 23 heavy (non-hydrogen) atoms. The molecule has 0 radical (unpaired) electrons. The van der Waals surface area contributed by atoms with Gasteiger partial charge in [0.2, 0.25) is 11.8 Å². The van der Waals surface area contributed by atoms with Gasteiger partial charge >= 0.3 is 16.2 Å². The summed E-state index contributed by atoms with van der Waals surface area (Å²) < 4.78 is 52.3. The van der Waals surface area contributed by atoms with E-state index in [1.54, 1.807) is 0 Å². The van der Waals surface area contributed by atoms with Gasteiger partial charge in [0.15, 0.2) is 0 Å². The molecular weight excluding hydrogens is 332 g/mol. The van der Waals surface area contributed by atoms with Gasteiger partial charge < -0.3 is 4.42 Å². The quantitative estimate of drug-likeness (QED) is 0.782. The highest BCUT2D eigenvalue weighted by molar-refractivity contribution is 7.86. The summed E-state index contributed by atoms with van der Waals surface area (Å²) in [6.07, 6.45) is -0.114. The maximum Gasteiger partial charge on any atom is 0.325 e. The van der Waals surface area contributed by atoms with Gasteiger partial charge in [-0.05, 0) is 24.3 Å². The fraction of sp³-hybridized carbons (Fsp3) is 0.308. The lowest BCUT2D eigenvalue weighted by Gasteiger charge is -2.10. The molecule has 10 heteroatoms. The van der Waals surface area contributed by atoms with Crippen LogP contribution >= 0.6 is 0 Å². The number of amides is 1. The van der Waals surface area contributed by atoms with E-state index in [9.17, 15) is 21.5 Å². The Hall–Kier alpha value is -2.36. The number of halogens is 2. The summed E-state index contributed by atoms with van der Waals surface area (Å²) in [6, 6.07) is 5.23. The number of carbonyl (C=O) groups excluding carboxylic acids is 1. The molecule has 1 aliphatic heterocycles. The van der Waals surface area contributed by atoms with E-state index in [0.717, 1.165) is 4.90 Å². The normalized spacial score (nSPS) is 18.6. The molecular formula is C13H11F2N3O4S. The Morgan fingerprint density at radius 2 is 1.96 bits per heavy atom. The van der Waals surface area contributed by atoms with Crippen LogP contribution in [0.25, 0.3) is 11.5 Å². The maximum atomic E-state index is 12.9. The molecule has 1 fully saturated rings. The number of anilines is 1. The van der Waals surface area contributed by atoms with Crippen LogP contribution in [0.1, 0.15) is 6.42 Å². The third kappa shape index (κ3) is 3.52. The van der Waals surface area contributed by atoms with Crippen molar-refractivity contribution in [3.63, 3.8) is 0 Å². The van der Waals surface area contributed by atoms with E-state index in [4.69, 9.17) is 4.42 Å². The Kier molecular flexibility index (Phi) is 3.84. The third-order valence-electron chi connectivity index (χ3n) is 3.38. The van der Waals surface area contributed by atoms with Crippen molar-refractivity contribution in [3.8, 4) is 11.5 Å². The average molecular weight is 343 g/mol. The summed E-state index contributed by atoms with van der Waals surface area (Å²) in [5, 5.41) is 7.50. The van der Waals surface area contributed by atoms with Crippen LogP contribution in [0.15, 0.2) is 28.7 Å². The van der Waals surface area contributed by atoms with E-state index in [2.05, 4.69) is 10.2 Å². The van der Waals surface area contributed by atoms with Crippen LogP contribution in [0.3, 0.4) is 0 Å². The lowest BCUT2D eigenvalue weighted by molar-refractivity contribution is -0.117. The summed E-state index contributed by atoms with van der Waals surface area (Å²) in [5.74, 6) is -2.15. The van der Waals surface area contributed by atoms with E-state index >= 15 is 0 Å². The zero-order chi connectivity index (χ0) is 16.6. The van der Waals surface area contributed by atoms with Crippen molar-refractivity contribution in [1.82, 2.24) is 10.2 Å². The van der Waals surface area contributed by atoms with Crippen molar-refractivity contribution in [3.05, 3.63) is 30.1 Å². The van der Waals surface area contributed by atoms with Crippen LogP contribution < -0.4 is 4.90 Å². The van der Waals surface area contributed by atoms with Crippen LogP contribution in [0.5, 0.6) is 0 Å². The summed E-state index contributed by atoms with van der Waals surface area (Å²) in [5.41, 5.74) is 0.472. The third-order valence-corrected chi connectivity index (χ3v) is 4.25. The molecule has 2 aromatic rings. The predicted molar refractivity (Wildman–Crippen MR) is 75.0 cm³/mol. The molecule has 7 nitrogen and oxygen atoms in total. The van der Waals surface area contributed by atoms with Crippen LogP contribution in [0, 0.1) is 11.7 Å². The van der Waals surface area contributed by atoms with Crippen LogP contribution in [0.2, 0.25) is 0 Å². The Bertz CT molecular complexity index is 835. The minimum atomic E-state index is -4.66. The highest BCUT2D eigenvalue weighted by atomic mass is 32.3. The van der Waals surface area contributed by atoms with Crippen LogP contribution in [-0.4, -0.2) is 36.8 Å². The summed E-state index contributed by atoms with van der Waals surface area (Å²) in [7, 11) is -4.66. The van der Waals surface area contributed by atoms with E-state index in [-0.39, 0.29) is 24.9 Å². The van der Waals surface area contributed by atoms with Crippen molar-refractivity contribution in [2.24, 2.45) is 5.92 Å². The fourth-order valence-electron chi connectivity index (χ4n) is 2.39. The first-order valence-corrected chi connectivity index (χ1v) is 8.19. The SMILES string of the molecule is O=C1CC(CS(=O)(=O)F)CN1c1nnc(-c2ccc(F)cc2)o1. The van der Waals surface area contributed by atoms with Crippen molar-refractivity contribution < 1.29 is 25.9 Å². The van der Waals surface area contributed by atoms with Crippen LogP contribution in [0.4, 0.5) is 14.3 Å². The smallest absolute Gasteiger partial charge is 0.325 e. The zero-order valence-corrected chi connectivity index (χ0v) is 12.5. The molecule has 0 saturated carbocycles. The average Bonchev–Trinajstić information content (AvgIpc) is 3.04. The second-order valence-corrected chi connectivity index (χ2v) is 6.59. The van der Waals surface area contributed by atoms with Gasteiger partial charge in [-0.15, -0.1) is 8.98 Å². The number of hydrogen-bond acceptors (Lipinski definition) is 6. The second kappa shape index (κ2) is 5.69. The van der Waals surface area contributed by atoms with Gasteiger partial charge in [-0.3, -0.25) is 9.69 Å². The summed E-state index contributed by atoms with van der Waals surface area (Å²) in [6.45, 7) is -0.0208. The number of carbonyl (C=O) groups is 1. The lowest BCUT2D eigenvalue weighted by atomic mass is 10.1. The lowest BCUT2D eigenvalue weighted by Crippen LogP contribution is -2.25. The van der Waals surface area contributed by atoms with Crippen molar-refractivity contribution in [2.45, 2.75) is 6.42 Å². The molecule has 1 amide bonds. The van der Waals surface area contributed by atoms with Gasteiger partial charge in [0, 0.05) is 24.4 Å². The number of benzene rings is 1. The van der Waals surface area contributed by atoms with Crippen LogP contribution in [-0.2, 0) is 15.0 Å². The Morgan fingerprint density at radius 1 is 1.26 bits per heavy atom. The van der Waals surface area contributed by atoms with Gasteiger partial charge in [0.1, 0.15) is 5.82 Å². The van der Waals surface area contributed by atoms with E-state index in [0.29, 0.717) is 5.56 Å². The monoisotopic (exact) mass is 343 g/mol. The van der Waals surface area contributed by atoms with Crippen molar-refractivity contribution in [1.29, 1.82) is 0 Å². The maximum absolute atomic E-state index is 12.9. The number of hydrogen-bond donors (Lipinski definition) is 0. The Morgan fingerprint density at radius 3 is 2.61 bits per heavy atom. The molecule has 0 aliphatic carbocycles. The molecule has 0 N–H and O–H groups in total. The highest BCUT2D eigenvalue weighted by Crippen LogP contribution is 2.28. The topological polar surface area (TPSA) is 93.4 Å². The van der Waals surface area contributed by atoms with Gasteiger partial charge in [-0.2, -0.15) is 8.42 Å². The molecule has 1 aromatic heterocycles. The molecule has 1 aromatic carbocycles. The summed E-state index contributed by atoms with van der Waals surface area (Å²) in [4.78, 5) is 13.0. The van der Waals surface area contributed by atoms with E-state index in [1.807, 2.05) is 0 Å². The number of nitrogens with zero attached hydrogens (tertiary/aromatic N) is 3. The van der Waals surface area contributed by atoms with Gasteiger partial charge in [0.25, 0.3) is 0 Å². The second-order valence-electron chi connectivity index (χ2n) is 5.18. The largest absolute Gasteiger partial charge is 0.403 e. The van der Waals surface area contributed by atoms with E-state index in [1.165, 1.54) is 24.3 Å². The first-order valence-electron chi connectivity index (χ1n) is 6.64. The molecule has 1 unspecified atom stereocenters. The van der Waals surface area contributed by atoms with Gasteiger partial charge in [0.05, 0.1) is 5.75 Å². The van der Waals surface area contributed by atoms with Gasteiger partial charge in [-0.1, -0.05) is 5.10 Å². The first kappa shape index (κ1) is 15.5. The minimum absolute atomic E-state index is 0.0208. The molecule has 0 bridgehead atoms. The standard InChI is InChI=1S/C13H11F2N3O4S/c14-10-3-1-9(2-4-10)12-16-17-13(22-12)18-6-8(5-11(18)19)7-23(15,20)21/h1-4,8H,5-7H2. The van der Waals surface area contributed by atoms with E-state index < -0.39 is 33.6 Å². The zero-order valence-electron chi connectivity index (χ0n) is 11.6. The van der Waals surface area contributed by atoms with Crippen molar-refractivity contribution >= 4 is 22.1 Å². The van der Waals surface area contributed by atoms with Crippen molar-refractivity contribution in [2.75, 3.05) is 17.2 Å².